The van der Waals surface area contributed by atoms with Crippen LogP contribution in [-0.4, -0.2) is 23.3 Å². The summed E-state index contributed by atoms with van der Waals surface area (Å²) >= 11 is 6.13. The highest BCUT2D eigenvalue weighted by Crippen LogP contribution is 2.28. The van der Waals surface area contributed by atoms with Crippen LogP contribution in [0.4, 0.5) is 4.79 Å². The van der Waals surface area contributed by atoms with Gasteiger partial charge in [0.2, 0.25) is 0 Å². The fourth-order valence-electron chi connectivity index (χ4n) is 2.20. The molecule has 1 aromatic carbocycles. The highest BCUT2D eigenvalue weighted by atomic mass is 35.5. The van der Waals surface area contributed by atoms with E-state index in [-0.39, 0.29) is 0 Å². The summed E-state index contributed by atoms with van der Waals surface area (Å²) in [5, 5.41) is 3.76. The number of halogens is 1. The van der Waals surface area contributed by atoms with Crippen molar-refractivity contribution in [2.45, 2.75) is 32.9 Å². The molecule has 0 saturated heterocycles. The average Bonchev–Trinajstić information content (AvgIpc) is 2.88. The normalized spacial score (nSPS) is 11.5. The second-order valence-corrected chi connectivity index (χ2v) is 6.51. The molecule has 0 spiro atoms. The molecule has 4 nitrogen and oxygen atoms in total. The molecule has 2 aromatic rings. The quantitative estimate of drug-likeness (QED) is 0.916. The van der Waals surface area contributed by atoms with E-state index in [1.165, 1.54) is 4.57 Å². The first-order valence-electron chi connectivity index (χ1n) is 7.16. The van der Waals surface area contributed by atoms with Crippen LogP contribution in [0.3, 0.4) is 0 Å². The zero-order chi connectivity index (χ0) is 16.3. The minimum Gasteiger partial charge on any atom is -0.443 e. The van der Waals surface area contributed by atoms with Crippen molar-refractivity contribution in [3.05, 3.63) is 47.1 Å². The summed E-state index contributed by atoms with van der Waals surface area (Å²) in [4.78, 5) is 12.4. The van der Waals surface area contributed by atoms with Gasteiger partial charge in [0.25, 0.3) is 0 Å². The SMILES string of the molecule is CNCc1ccc(Cl)cc1-c1cccn1C(=O)OC(C)(C)C. The minimum absolute atomic E-state index is 0.400. The van der Waals surface area contributed by atoms with E-state index in [2.05, 4.69) is 5.32 Å². The topological polar surface area (TPSA) is 43.3 Å². The first-order valence-corrected chi connectivity index (χ1v) is 7.54. The summed E-state index contributed by atoms with van der Waals surface area (Å²) in [7, 11) is 1.88. The molecule has 0 saturated carbocycles. The van der Waals surface area contributed by atoms with E-state index in [4.69, 9.17) is 16.3 Å². The Balaban J connectivity index is 2.45. The number of rotatable bonds is 3. The second-order valence-electron chi connectivity index (χ2n) is 6.08. The Morgan fingerprint density at radius 2 is 2.05 bits per heavy atom. The second kappa shape index (κ2) is 6.55. The Labute approximate surface area is 136 Å². The first-order chi connectivity index (χ1) is 10.3. The predicted octanol–water partition coefficient (Wildman–Crippen LogP) is 4.31. The number of hydrogen-bond donors (Lipinski definition) is 1. The van der Waals surface area contributed by atoms with Gasteiger partial charge in [0.05, 0.1) is 5.69 Å². The summed E-state index contributed by atoms with van der Waals surface area (Å²) in [5.41, 5.74) is 2.20. The first kappa shape index (κ1) is 16.6. The molecule has 22 heavy (non-hydrogen) atoms. The van der Waals surface area contributed by atoms with Gasteiger partial charge in [-0.15, -0.1) is 0 Å². The smallest absolute Gasteiger partial charge is 0.418 e. The van der Waals surface area contributed by atoms with Gasteiger partial charge in [-0.1, -0.05) is 17.7 Å². The highest BCUT2D eigenvalue weighted by Gasteiger charge is 2.20. The van der Waals surface area contributed by atoms with Crippen LogP contribution in [0.1, 0.15) is 26.3 Å². The standard InChI is InChI=1S/C17H21ClN2O2/c1-17(2,3)22-16(21)20-9-5-6-15(20)14-10-13(18)8-7-12(14)11-19-4/h5-10,19H,11H2,1-4H3. The van der Waals surface area contributed by atoms with Crippen LogP contribution >= 0.6 is 11.6 Å². The molecule has 1 heterocycles. The highest BCUT2D eigenvalue weighted by molar-refractivity contribution is 6.30. The van der Waals surface area contributed by atoms with Gasteiger partial charge in [-0.2, -0.15) is 0 Å². The van der Waals surface area contributed by atoms with E-state index in [0.717, 1.165) is 16.8 Å². The van der Waals surface area contributed by atoms with E-state index in [9.17, 15) is 4.79 Å². The molecule has 2 rings (SSSR count). The molecule has 0 amide bonds. The largest absolute Gasteiger partial charge is 0.443 e. The number of nitrogens with one attached hydrogen (secondary N) is 1. The fourth-order valence-corrected chi connectivity index (χ4v) is 2.37. The molecule has 118 valence electrons. The van der Waals surface area contributed by atoms with E-state index >= 15 is 0 Å². The molecule has 0 aliphatic carbocycles. The van der Waals surface area contributed by atoms with Crippen molar-refractivity contribution in [1.29, 1.82) is 0 Å². The average molecular weight is 321 g/mol. The monoisotopic (exact) mass is 320 g/mol. The third kappa shape index (κ3) is 3.90. The summed E-state index contributed by atoms with van der Waals surface area (Å²) in [6, 6.07) is 9.38. The van der Waals surface area contributed by atoms with E-state index in [0.29, 0.717) is 11.6 Å². The minimum atomic E-state index is -0.541. The van der Waals surface area contributed by atoms with Gasteiger partial charge in [0.1, 0.15) is 5.60 Å². The van der Waals surface area contributed by atoms with Crippen LogP contribution < -0.4 is 5.32 Å². The van der Waals surface area contributed by atoms with Crippen LogP contribution in [0.5, 0.6) is 0 Å². The van der Waals surface area contributed by atoms with Gasteiger partial charge in [-0.25, -0.2) is 4.79 Å². The molecule has 0 atom stereocenters. The van der Waals surface area contributed by atoms with Crippen LogP contribution in [-0.2, 0) is 11.3 Å². The number of carbonyl (C=O) groups excluding carboxylic acids is 1. The number of carbonyl (C=O) groups is 1. The third-order valence-corrected chi connectivity index (χ3v) is 3.29. The molecule has 0 unspecified atom stereocenters. The summed E-state index contributed by atoms with van der Waals surface area (Å²) in [6.07, 6.45) is 1.30. The molecule has 0 bridgehead atoms. The van der Waals surface area contributed by atoms with Gasteiger partial charge >= 0.3 is 6.09 Å². The molecular weight excluding hydrogens is 300 g/mol. The zero-order valence-electron chi connectivity index (χ0n) is 13.3. The van der Waals surface area contributed by atoms with Crippen molar-refractivity contribution in [3.8, 4) is 11.3 Å². The Kier molecular flexibility index (Phi) is 4.94. The third-order valence-electron chi connectivity index (χ3n) is 3.05. The summed E-state index contributed by atoms with van der Waals surface area (Å²) in [6.45, 7) is 6.23. The van der Waals surface area contributed by atoms with Crippen molar-refractivity contribution in [3.63, 3.8) is 0 Å². The maximum absolute atomic E-state index is 12.4. The Morgan fingerprint density at radius 3 is 2.68 bits per heavy atom. The van der Waals surface area contributed by atoms with Crippen LogP contribution in [0.15, 0.2) is 36.5 Å². The fraction of sp³-hybridized carbons (Fsp3) is 0.353. The van der Waals surface area contributed by atoms with Crippen molar-refractivity contribution in [2.75, 3.05) is 7.05 Å². The zero-order valence-corrected chi connectivity index (χ0v) is 14.1. The summed E-state index contributed by atoms with van der Waals surface area (Å²) in [5.74, 6) is 0. The van der Waals surface area contributed by atoms with Gasteiger partial charge in [-0.05, 0) is 57.6 Å². The lowest BCUT2D eigenvalue weighted by Gasteiger charge is -2.21. The molecule has 5 heteroatoms. The molecule has 0 fully saturated rings. The van der Waals surface area contributed by atoms with E-state index < -0.39 is 11.7 Å². The van der Waals surface area contributed by atoms with Crippen LogP contribution in [0, 0.1) is 0 Å². The number of aromatic nitrogens is 1. The van der Waals surface area contributed by atoms with E-state index in [1.54, 1.807) is 6.20 Å². The van der Waals surface area contributed by atoms with Gasteiger partial charge in [-0.3, -0.25) is 4.57 Å². The van der Waals surface area contributed by atoms with Crippen molar-refractivity contribution >= 4 is 17.7 Å². The summed E-state index contributed by atoms with van der Waals surface area (Å²) < 4.78 is 6.96. The number of ether oxygens (including phenoxy) is 1. The number of hydrogen-bond acceptors (Lipinski definition) is 3. The lowest BCUT2D eigenvalue weighted by atomic mass is 10.0. The lowest BCUT2D eigenvalue weighted by molar-refractivity contribution is 0.0540. The molecule has 0 radical (unpaired) electrons. The van der Waals surface area contributed by atoms with E-state index in [1.807, 2.05) is 58.2 Å². The molecule has 1 N–H and O–H groups in total. The van der Waals surface area contributed by atoms with Gasteiger partial charge < -0.3 is 10.1 Å². The van der Waals surface area contributed by atoms with Crippen LogP contribution in [0.25, 0.3) is 11.3 Å². The molecule has 0 aliphatic rings. The maximum atomic E-state index is 12.4. The number of benzene rings is 1. The van der Waals surface area contributed by atoms with Crippen molar-refractivity contribution < 1.29 is 9.53 Å². The maximum Gasteiger partial charge on any atom is 0.418 e. The lowest BCUT2D eigenvalue weighted by Crippen LogP contribution is -2.27. The Morgan fingerprint density at radius 1 is 1.32 bits per heavy atom. The molecular formula is C17H21ClN2O2. The predicted molar refractivity (Wildman–Crippen MR) is 89.3 cm³/mol. The van der Waals surface area contributed by atoms with Crippen LogP contribution in [0.2, 0.25) is 5.02 Å². The molecule has 1 aromatic heterocycles. The van der Waals surface area contributed by atoms with Gasteiger partial charge in [0, 0.05) is 23.3 Å². The van der Waals surface area contributed by atoms with Crippen molar-refractivity contribution in [1.82, 2.24) is 9.88 Å². The van der Waals surface area contributed by atoms with Gasteiger partial charge in [0.15, 0.2) is 0 Å². The Bertz CT molecular complexity index is 672. The molecule has 0 aliphatic heterocycles. The van der Waals surface area contributed by atoms with Crippen molar-refractivity contribution in [2.24, 2.45) is 0 Å². The number of nitrogens with zero attached hydrogens (tertiary/aromatic N) is 1. The Hall–Kier alpha value is -1.78.